The quantitative estimate of drug-likeness (QED) is 0.279. The molecular formula is C32H32Cl2IN3O3. The molecule has 3 aromatic rings. The third-order valence-corrected chi connectivity index (χ3v) is 9.93. The molecule has 0 unspecified atom stereocenters. The molecule has 0 bridgehead atoms. The summed E-state index contributed by atoms with van der Waals surface area (Å²) in [5.74, 6) is -0.0851. The number of anilines is 1. The second kappa shape index (κ2) is 11.4. The van der Waals surface area contributed by atoms with E-state index in [1.807, 2.05) is 42.5 Å². The number of nitrogens with zero attached hydrogens (tertiary/aromatic N) is 1. The zero-order chi connectivity index (χ0) is 28.9. The maximum absolute atomic E-state index is 14.4. The van der Waals surface area contributed by atoms with Crippen molar-refractivity contribution in [2.45, 2.75) is 62.6 Å². The molecule has 0 saturated carbocycles. The Morgan fingerprint density at radius 2 is 1.76 bits per heavy atom. The van der Waals surface area contributed by atoms with E-state index in [0.29, 0.717) is 27.5 Å². The number of carbonyl (C=O) groups excluding carboxylic acids is 2. The van der Waals surface area contributed by atoms with E-state index < -0.39 is 17.4 Å². The number of ether oxygens (including phenoxy) is 1. The lowest BCUT2D eigenvalue weighted by molar-refractivity contribution is -0.131. The number of fused-ring (bicyclic) bond motifs is 2. The van der Waals surface area contributed by atoms with Crippen LogP contribution >= 0.6 is 45.8 Å². The monoisotopic (exact) mass is 703 g/mol. The second-order valence-electron chi connectivity index (χ2n) is 11.5. The van der Waals surface area contributed by atoms with Gasteiger partial charge in [-0.15, -0.1) is 0 Å². The molecule has 41 heavy (non-hydrogen) atoms. The van der Waals surface area contributed by atoms with Gasteiger partial charge >= 0.3 is 0 Å². The average molecular weight is 704 g/mol. The number of rotatable bonds is 5. The van der Waals surface area contributed by atoms with Crippen molar-refractivity contribution in [3.63, 3.8) is 0 Å². The fourth-order valence-corrected chi connectivity index (χ4v) is 7.70. The van der Waals surface area contributed by atoms with Crippen molar-refractivity contribution >= 4 is 63.3 Å². The fraction of sp³-hybridized carbons (Fsp3) is 0.375. The van der Waals surface area contributed by atoms with E-state index >= 15 is 0 Å². The van der Waals surface area contributed by atoms with Crippen molar-refractivity contribution in [3.8, 4) is 5.75 Å². The van der Waals surface area contributed by atoms with E-state index in [9.17, 15) is 9.59 Å². The molecule has 0 aliphatic carbocycles. The minimum atomic E-state index is -1.15. The first-order valence-electron chi connectivity index (χ1n) is 14.0. The number of benzene rings is 3. The fourth-order valence-electron chi connectivity index (χ4n) is 6.81. The van der Waals surface area contributed by atoms with E-state index in [1.165, 1.54) is 0 Å². The number of piperidine rings is 2. The number of amides is 2. The SMILES string of the molecule is CC(C)N1CCC(Oc2ccc(I)cc2[C@H]2NC(=O)C[C@@H](c3cccc(Cl)c3)[C@]23C(=O)Nc2cc(Cl)ccc23)CC1. The van der Waals surface area contributed by atoms with Gasteiger partial charge in [0.2, 0.25) is 11.8 Å². The Kier molecular flexibility index (Phi) is 8.00. The van der Waals surface area contributed by atoms with Crippen LogP contribution in [0.5, 0.6) is 5.75 Å². The summed E-state index contributed by atoms with van der Waals surface area (Å²) >= 11 is 15.1. The molecular weight excluding hydrogens is 672 g/mol. The number of carbonyl (C=O) groups is 2. The van der Waals surface area contributed by atoms with E-state index in [2.05, 4.69) is 52.0 Å². The number of halogens is 3. The van der Waals surface area contributed by atoms with Gasteiger partial charge in [-0.2, -0.15) is 0 Å². The topological polar surface area (TPSA) is 70.7 Å². The zero-order valence-corrected chi connectivity index (χ0v) is 26.6. The van der Waals surface area contributed by atoms with Gasteiger partial charge in [-0.3, -0.25) is 9.59 Å². The summed E-state index contributed by atoms with van der Waals surface area (Å²) in [7, 11) is 0. The first-order valence-corrected chi connectivity index (χ1v) is 15.9. The molecule has 3 atom stereocenters. The average Bonchev–Trinajstić information content (AvgIpc) is 3.22. The minimum absolute atomic E-state index is 0.0475. The van der Waals surface area contributed by atoms with Crippen LogP contribution in [0.2, 0.25) is 10.0 Å². The van der Waals surface area contributed by atoms with Crippen LogP contribution in [0.3, 0.4) is 0 Å². The van der Waals surface area contributed by atoms with Crippen LogP contribution < -0.4 is 15.4 Å². The van der Waals surface area contributed by atoms with Crippen molar-refractivity contribution in [2.24, 2.45) is 0 Å². The lowest BCUT2D eigenvalue weighted by Crippen LogP contribution is -2.57. The molecule has 3 aromatic carbocycles. The highest BCUT2D eigenvalue weighted by Crippen LogP contribution is 2.58. The van der Waals surface area contributed by atoms with Crippen molar-refractivity contribution in [2.75, 3.05) is 18.4 Å². The van der Waals surface area contributed by atoms with Crippen LogP contribution in [0, 0.1) is 3.57 Å². The largest absolute Gasteiger partial charge is 0.490 e. The molecule has 2 fully saturated rings. The standard InChI is InChI=1S/C32H32Cl2IN3O3/c1-18(2)38-12-10-23(11-13-38)41-28-9-7-22(35)16-24(28)30-32(25-8-6-21(34)15-27(25)36-31(32)40)26(17-29(39)37-30)19-4-3-5-20(33)14-19/h3-9,14-16,18,23,26,30H,10-13,17H2,1-2H3,(H,36,40)(H,37,39)/t26-,30+,32-/m0/s1. The Balaban J connectivity index is 1.50. The van der Waals surface area contributed by atoms with Gasteiger partial charge in [0.25, 0.3) is 0 Å². The van der Waals surface area contributed by atoms with Gasteiger partial charge in [0.15, 0.2) is 0 Å². The lowest BCUT2D eigenvalue weighted by atomic mass is 9.59. The first-order chi connectivity index (χ1) is 19.7. The first kappa shape index (κ1) is 28.8. The molecule has 3 heterocycles. The van der Waals surface area contributed by atoms with E-state index in [1.54, 1.807) is 18.2 Å². The van der Waals surface area contributed by atoms with Gasteiger partial charge in [-0.05, 0) is 103 Å². The Labute approximate surface area is 264 Å². The van der Waals surface area contributed by atoms with E-state index in [-0.39, 0.29) is 24.3 Å². The maximum Gasteiger partial charge on any atom is 0.238 e. The lowest BCUT2D eigenvalue weighted by Gasteiger charge is -2.47. The molecule has 0 aromatic heterocycles. The summed E-state index contributed by atoms with van der Waals surface area (Å²) in [5.41, 5.74) is 1.94. The third kappa shape index (κ3) is 5.24. The van der Waals surface area contributed by atoms with Gasteiger partial charge in [0.05, 0.1) is 6.04 Å². The van der Waals surface area contributed by atoms with Crippen molar-refractivity contribution in [1.29, 1.82) is 0 Å². The van der Waals surface area contributed by atoms with Crippen molar-refractivity contribution in [1.82, 2.24) is 10.2 Å². The summed E-state index contributed by atoms with van der Waals surface area (Å²) in [6.45, 7) is 6.38. The summed E-state index contributed by atoms with van der Waals surface area (Å²) in [4.78, 5) is 30.3. The van der Waals surface area contributed by atoms with Gasteiger partial charge in [0, 0.05) is 56.3 Å². The second-order valence-corrected chi connectivity index (χ2v) is 13.6. The number of nitrogens with one attached hydrogen (secondary N) is 2. The maximum atomic E-state index is 14.4. The van der Waals surface area contributed by atoms with Crippen LogP contribution in [-0.4, -0.2) is 41.9 Å². The van der Waals surface area contributed by atoms with Crippen molar-refractivity contribution < 1.29 is 14.3 Å². The highest BCUT2D eigenvalue weighted by molar-refractivity contribution is 14.1. The van der Waals surface area contributed by atoms with Crippen LogP contribution in [0.4, 0.5) is 5.69 Å². The Bertz CT molecular complexity index is 1510. The molecule has 3 aliphatic heterocycles. The molecule has 2 saturated heterocycles. The molecule has 6 rings (SSSR count). The van der Waals surface area contributed by atoms with Crippen LogP contribution in [0.1, 0.15) is 61.8 Å². The smallest absolute Gasteiger partial charge is 0.238 e. The third-order valence-electron chi connectivity index (χ3n) is 8.79. The molecule has 0 radical (unpaired) electrons. The summed E-state index contributed by atoms with van der Waals surface area (Å²) in [6.07, 6.45) is 2.02. The minimum Gasteiger partial charge on any atom is -0.490 e. The van der Waals surface area contributed by atoms with Gasteiger partial charge in [0.1, 0.15) is 17.3 Å². The Morgan fingerprint density at radius 3 is 2.49 bits per heavy atom. The Morgan fingerprint density at radius 1 is 1.00 bits per heavy atom. The van der Waals surface area contributed by atoms with Crippen LogP contribution in [0.15, 0.2) is 60.7 Å². The summed E-state index contributed by atoms with van der Waals surface area (Å²) < 4.78 is 7.70. The predicted molar refractivity (Wildman–Crippen MR) is 171 cm³/mol. The zero-order valence-electron chi connectivity index (χ0n) is 22.9. The molecule has 2 amide bonds. The number of hydrogen-bond acceptors (Lipinski definition) is 4. The summed E-state index contributed by atoms with van der Waals surface area (Å²) in [5, 5.41) is 7.42. The number of hydrogen-bond donors (Lipinski definition) is 2. The molecule has 3 aliphatic rings. The van der Waals surface area contributed by atoms with Crippen LogP contribution in [-0.2, 0) is 15.0 Å². The van der Waals surface area contributed by atoms with E-state index in [0.717, 1.165) is 46.2 Å². The van der Waals surface area contributed by atoms with Gasteiger partial charge in [-0.1, -0.05) is 41.4 Å². The molecule has 2 N–H and O–H groups in total. The van der Waals surface area contributed by atoms with E-state index in [4.69, 9.17) is 27.9 Å². The normalized spacial score (nSPS) is 24.8. The molecule has 214 valence electrons. The highest BCUT2D eigenvalue weighted by atomic mass is 127. The highest BCUT2D eigenvalue weighted by Gasteiger charge is 2.61. The van der Waals surface area contributed by atoms with Crippen molar-refractivity contribution in [3.05, 3.63) is 91.0 Å². The summed E-state index contributed by atoms with van der Waals surface area (Å²) in [6, 6.07) is 18.8. The molecule has 9 heteroatoms. The Hall–Kier alpha value is -2.33. The molecule has 6 nitrogen and oxygen atoms in total. The predicted octanol–water partition coefficient (Wildman–Crippen LogP) is 7.08. The molecule has 1 spiro atoms. The number of likely N-dealkylation sites (tertiary alicyclic amines) is 1. The van der Waals surface area contributed by atoms with Gasteiger partial charge < -0.3 is 20.3 Å². The van der Waals surface area contributed by atoms with Crippen LogP contribution in [0.25, 0.3) is 0 Å². The van der Waals surface area contributed by atoms with Gasteiger partial charge in [-0.25, -0.2) is 0 Å².